The molecule has 1 rings (SSSR count). The normalized spacial score (nSPS) is 12.3. The van der Waals surface area contributed by atoms with Gasteiger partial charge in [0.05, 0.1) is 14.2 Å². The van der Waals surface area contributed by atoms with Crippen LogP contribution in [0.15, 0.2) is 12.1 Å². The van der Waals surface area contributed by atoms with Gasteiger partial charge in [0, 0.05) is 17.7 Å². The second kappa shape index (κ2) is 6.42. The van der Waals surface area contributed by atoms with E-state index in [-0.39, 0.29) is 11.9 Å². The van der Waals surface area contributed by atoms with Crippen LogP contribution >= 0.6 is 0 Å². The third kappa shape index (κ3) is 3.31. The van der Waals surface area contributed by atoms with Gasteiger partial charge in [0.2, 0.25) is 0 Å². The highest BCUT2D eigenvalue weighted by Crippen LogP contribution is 2.32. The maximum Gasteiger partial charge on any atom is 0.163 e. The summed E-state index contributed by atoms with van der Waals surface area (Å²) in [6, 6.07) is 2.49. The number of methoxy groups -OCH3 is 2. The Morgan fingerprint density at radius 2 is 1.82 bits per heavy atom. The average Bonchev–Trinajstić information content (AvgIpc) is 2.35. The molecule has 0 aromatic heterocycles. The van der Waals surface area contributed by atoms with E-state index in [1.807, 2.05) is 0 Å². The predicted molar refractivity (Wildman–Crippen MR) is 64.7 cm³/mol. The number of rotatable bonds is 6. The highest BCUT2D eigenvalue weighted by atomic mass is 19.1. The van der Waals surface area contributed by atoms with Gasteiger partial charge < -0.3 is 20.9 Å². The molecule has 0 spiro atoms. The summed E-state index contributed by atoms with van der Waals surface area (Å²) in [5.74, 6) is 0.457. The van der Waals surface area contributed by atoms with Crippen molar-refractivity contribution in [2.75, 3.05) is 20.8 Å². The number of benzene rings is 1. The van der Waals surface area contributed by atoms with E-state index in [1.54, 1.807) is 6.07 Å². The first-order valence-corrected chi connectivity index (χ1v) is 5.51. The van der Waals surface area contributed by atoms with Gasteiger partial charge in [-0.05, 0) is 25.5 Å². The Morgan fingerprint density at radius 1 is 1.24 bits per heavy atom. The fourth-order valence-corrected chi connectivity index (χ4v) is 1.65. The van der Waals surface area contributed by atoms with Crippen LogP contribution in [-0.4, -0.2) is 20.8 Å². The van der Waals surface area contributed by atoms with Crippen LogP contribution < -0.4 is 20.9 Å². The third-order valence-electron chi connectivity index (χ3n) is 2.62. The molecule has 0 amide bonds. The van der Waals surface area contributed by atoms with E-state index >= 15 is 0 Å². The van der Waals surface area contributed by atoms with E-state index in [9.17, 15) is 4.39 Å². The van der Waals surface area contributed by atoms with Crippen molar-refractivity contribution >= 4 is 0 Å². The van der Waals surface area contributed by atoms with Gasteiger partial charge in [-0.2, -0.15) is 0 Å². The Hall–Kier alpha value is -1.33. The van der Waals surface area contributed by atoms with Crippen LogP contribution in [0.4, 0.5) is 4.39 Å². The lowest BCUT2D eigenvalue weighted by atomic mass is 10.0. The zero-order valence-electron chi connectivity index (χ0n) is 10.2. The quantitative estimate of drug-likeness (QED) is 0.794. The minimum atomic E-state index is -0.382. The molecule has 0 unspecified atom stereocenters. The molecule has 0 fully saturated rings. The van der Waals surface area contributed by atoms with Crippen LogP contribution in [0.5, 0.6) is 11.5 Å². The van der Waals surface area contributed by atoms with Crippen LogP contribution in [-0.2, 0) is 0 Å². The fraction of sp³-hybridized carbons (Fsp3) is 0.500. The topological polar surface area (TPSA) is 70.5 Å². The van der Waals surface area contributed by atoms with Crippen molar-refractivity contribution in [1.29, 1.82) is 0 Å². The van der Waals surface area contributed by atoms with Crippen molar-refractivity contribution in [2.45, 2.75) is 18.9 Å². The van der Waals surface area contributed by atoms with Crippen molar-refractivity contribution in [3.05, 3.63) is 23.5 Å². The van der Waals surface area contributed by atoms with Crippen LogP contribution in [0.25, 0.3) is 0 Å². The largest absolute Gasteiger partial charge is 0.493 e. The number of nitrogens with two attached hydrogens (primary N) is 2. The molecule has 0 radical (unpaired) electrons. The Labute approximate surface area is 101 Å². The minimum Gasteiger partial charge on any atom is -0.493 e. The molecule has 0 aliphatic rings. The Balaban J connectivity index is 2.99. The number of ether oxygens (including phenoxy) is 2. The fourth-order valence-electron chi connectivity index (χ4n) is 1.65. The van der Waals surface area contributed by atoms with Gasteiger partial charge in [0.25, 0.3) is 0 Å². The molecule has 4 nitrogen and oxygen atoms in total. The first-order valence-electron chi connectivity index (χ1n) is 5.51. The van der Waals surface area contributed by atoms with Crippen molar-refractivity contribution in [3.8, 4) is 11.5 Å². The second-order valence-electron chi connectivity index (χ2n) is 3.77. The Kier molecular flexibility index (Phi) is 5.18. The third-order valence-corrected chi connectivity index (χ3v) is 2.62. The molecular formula is C12H19FN2O2. The van der Waals surface area contributed by atoms with Crippen LogP contribution in [0.3, 0.4) is 0 Å². The van der Waals surface area contributed by atoms with Crippen molar-refractivity contribution in [2.24, 2.45) is 11.5 Å². The summed E-state index contributed by atoms with van der Waals surface area (Å²) in [6.45, 7) is 0.544. The van der Waals surface area contributed by atoms with Crippen molar-refractivity contribution in [3.63, 3.8) is 0 Å². The highest BCUT2D eigenvalue weighted by molar-refractivity contribution is 5.44. The second-order valence-corrected chi connectivity index (χ2v) is 3.77. The summed E-state index contributed by atoms with van der Waals surface area (Å²) in [6.07, 6.45) is 1.40. The molecule has 4 N–H and O–H groups in total. The number of halogens is 1. The van der Waals surface area contributed by atoms with E-state index in [1.165, 1.54) is 20.3 Å². The van der Waals surface area contributed by atoms with E-state index in [4.69, 9.17) is 20.9 Å². The lowest BCUT2D eigenvalue weighted by Crippen LogP contribution is -2.14. The minimum absolute atomic E-state index is 0.361. The lowest BCUT2D eigenvalue weighted by molar-refractivity contribution is 0.350. The number of hydrogen-bond acceptors (Lipinski definition) is 4. The maximum absolute atomic E-state index is 13.8. The summed E-state index contributed by atoms with van der Waals surface area (Å²) in [5, 5.41) is 0. The van der Waals surface area contributed by atoms with Gasteiger partial charge >= 0.3 is 0 Å². The summed E-state index contributed by atoms with van der Waals surface area (Å²) >= 11 is 0. The van der Waals surface area contributed by atoms with Crippen LogP contribution in [0.1, 0.15) is 24.4 Å². The maximum atomic E-state index is 13.8. The van der Waals surface area contributed by atoms with E-state index in [0.717, 1.165) is 6.42 Å². The van der Waals surface area contributed by atoms with Gasteiger partial charge in [-0.25, -0.2) is 4.39 Å². The lowest BCUT2D eigenvalue weighted by Gasteiger charge is -2.15. The van der Waals surface area contributed by atoms with E-state index in [0.29, 0.717) is 30.0 Å². The molecular weight excluding hydrogens is 223 g/mol. The van der Waals surface area contributed by atoms with Crippen molar-refractivity contribution in [1.82, 2.24) is 0 Å². The molecule has 1 aromatic carbocycles. The standard InChI is InChI=1S/C12H19FN2O2/c1-16-11-6-8(10(15)4-3-5-14)9(13)7-12(11)17-2/h6-7,10H,3-5,14-15H2,1-2H3/t10-/m0/s1. The Bertz CT molecular complexity index is 372. The molecule has 0 saturated carbocycles. The molecule has 5 heteroatoms. The SMILES string of the molecule is COc1cc(F)c([C@@H](N)CCCN)cc1OC. The zero-order chi connectivity index (χ0) is 12.8. The number of hydrogen-bond donors (Lipinski definition) is 2. The zero-order valence-corrected chi connectivity index (χ0v) is 10.2. The summed E-state index contributed by atoms with van der Waals surface area (Å²) < 4.78 is 23.9. The van der Waals surface area contributed by atoms with Crippen LogP contribution in [0, 0.1) is 5.82 Å². The Morgan fingerprint density at radius 3 is 2.35 bits per heavy atom. The van der Waals surface area contributed by atoms with Gasteiger partial charge in [0.1, 0.15) is 5.82 Å². The molecule has 0 heterocycles. The van der Waals surface area contributed by atoms with E-state index in [2.05, 4.69) is 0 Å². The molecule has 1 aromatic rings. The molecule has 1 atom stereocenters. The van der Waals surface area contributed by atoms with Crippen molar-refractivity contribution < 1.29 is 13.9 Å². The van der Waals surface area contributed by atoms with E-state index < -0.39 is 0 Å². The van der Waals surface area contributed by atoms with Gasteiger partial charge in [-0.3, -0.25) is 0 Å². The molecule has 0 aliphatic carbocycles. The monoisotopic (exact) mass is 242 g/mol. The predicted octanol–water partition coefficient (Wildman–Crippen LogP) is 1.58. The highest BCUT2D eigenvalue weighted by Gasteiger charge is 2.16. The molecule has 0 bridgehead atoms. The van der Waals surface area contributed by atoms with Gasteiger partial charge in [-0.1, -0.05) is 0 Å². The molecule has 17 heavy (non-hydrogen) atoms. The van der Waals surface area contributed by atoms with Crippen LogP contribution in [0.2, 0.25) is 0 Å². The first-order chi connectivity index (χ1) is 8.13. The molecule has 0 aliphatic heterocycles. The summed E-state index contributed by atoms with van der Waals surface area (Å²) in [5.41, 5.74) is 11.7. The molecule has 0 saturated heterocycles. The van der Waals surface area contributed by atoms with Gasteiger partial charge in [-0.15, -0.1) is 0 Å². The smallest absolute Gasteiger partial charge is 0.163 e. The van der Waals surface area contributed by atoms with Gasteiger partial charge in [0.15, 0.2) is 11.5 Å². The summed E-state index contributed by atoms with van der Waals surface area (Å²) in [7, 11) is 2.97. The summed E-state index contributed by atoms with van der Waals surface area (Å²) in [4.78, 5) is 0. The first kappa shape index (κ1) is 13.7. The average molecular weight is 242 g/mol. The molecule has 96 valence electrons.